The number of rotatable bonds is 5. The molecule has 0 saturated carbocycles. The minimum atomic E-state index is -0.611. The number of benzene rings is 1. The van der Waals surface area contributed by atoms with Crippen LogP contribution in [0.3, 0.4) is 0 Å². The molecule has 1 aromatic carbocycles. The van der Waals surface area contributed by atoms with Gasteiger partial charge in [0, 0.05) is 13.6 Å². The molecule has 4 heteroatoms. The van der Waals surface area contributed by atoms with E-state index in [1.165, 1.54) is 0 Å². The first-order valence-electron chi connectivity index (χ1n) is 6.35. The Hall–Kier alpha value is -1.86. The molecule has 1 aromatic rings. The van der Waals surface area contributed by atoms with E-state index in [0.29, 0.717) is 12.1 Å². The van der Waals surface area contributed by atoms with Crippen LogP contribution in [0.25, 0.3) is 0 Å². The summed E-state index contributed by atoms with van der Waals surface area (Å²) in [5, 5.41) is 18.5. The van der Waals surface area contributed by atoms with Crippen LogP contribution in [0.15, 0.2) is 24.3 Å². The number of aliphatic hydroxyl groups is 1. The minimum absolute atomic E-state index is 0.0688. The third kappa shape index (κ3) is 4.72. The summed E-state index contributed by atoms with van der Waals surface area (Å²) in [6.45, 7) is 4.21. The Morgan fingerprint density at radius 1 is 1.47 bits per heavy atom. The molecular weight excluding hydrogens is 240 g/mol. The fraction of sp³-hybridized carbons (Fsp3) is 0.467. The average molecular weight is 260 g/mol. The minimum Gasteiger partial charge on any atom is -0.392 e. The van der Waals surface area contributed by atoms with Gasteiger partial charge in [-0.1, -0.05) is 26.0 Å². The molecule has 0 aliphatic rings. The lowest BCUT2D eigenvalue weighted by Gasteiger charge is -2.20. The van der Waals surface area contributed by atoms with Crippen molar-refractivity contribution in [2.45, 2.75) is 32.9 Å². The summed E-state index contributed by atoms with van der Waals surface area (Å²) in [6.07, 6.45) is -0.480. The van der Waals surface area contributed by atoms with Gasteiger partial charge in [-0.15, -0.1) is 0 Å². The molecule has 1 N–H and O–H groups in total. The van der Waals surface area contributed by atoms with Crippen LogP contribution in [0.5, 0.6) is 0 Å². The van der Waals surface area contributed by atoms with Gasteiger partial charge in [0.05, 0.1) is 24.2 Å². The van der Waals surface area contributed by atoms with Crippen molar-refractivity contribution in [1.29, 1.82) is 5.26 Å². The summed E-state index contributed by atoms with van der Waals surface area (Å²) in [4.78, 5) is 13.5. The fourth-order valence-electron chi connectivity index (χ4n) is 1.67. The van der Waals surface area contributed by atoms with Gasteiger partial charge in [-0.05, 0) is 23.6 Å². The summed E-state index contributed by atoms with van der Waals surface area (Å²) in [7, 11) is 1.70. The molecule has 0 aliphatic carbocycles. The molecule has 19 heavy (non-hydrogen) atoms. The van der Waals surface area contributed by atoms with E-state index in [1.807, 2.05) is 19.9 Å². The Labute approximate surface area is 114 Å². The molecule has 1 rings (SSSR count). The lowest BCUT2D eigenvalue weighted by atomic mass is 10.0. The summed E-state index contributed by atoms with van der Waals surface area (Å²) in [5.41, 5.74) is 1.49. The summed E-state index contributed by atoms with van der Waals surface area (Å²) < 4.78 is 0. The molecular formula is C15H20N2O2. The zero-order valence-corrected chi connectivity index (χ0v) is 11.6. The zero-order chi connectivity index (χ0) is 14.4. The van der Waals surface area contributed by atoms with E-state index < -0.39 is 6.10 Å². The van der Waals surface area contributed by atoms with Crippen molar-refractivity contribution in [2.24, 2.45) is 5.92 Å². The van der Waals surface area contributed by atoms with Crippen LogP contribution in [0, 0.1) is 17.2 Å². The third-order valence-corrected chi connectivity index (χ3v) is 3.05. The van der Waals surface area contributed by atoms with Crippen LogP contribution in [-0.2, 0) is 11.3 Å². The molecule has 0 aromatic heterocycles. The second kappa shape index (κ2) is 6.91. The lowest BCUT2D eigenvalue weighted by molar-refractivity contribution is -0.133. The average Bonchev–Trinajstić information content (AvgIpc) is 2.38. The van der Waals surface area contributed by atoms with E-state index in [9.17, 15) is 9.90 Å². The molecule has 0 bridgehead atoms. The molecule has 0 saturated heterocycles. The monoisotopic (exact) mass is 260 g/mol. The molecule has 0 heterocycles. The van der Waals surface area contributed by atoms with E-state index in [0.717, 1.165) is 5.56 Å². The number of hydrogen-bond donors (Lipinski definition) is 1. The largest absolute Gasteiger partial charge is 0.392 e. The maximum atomic E-state index is 11.9. The predicted molar refractivity (Wildman–Crippen MR) is 73.1 cm³/mol. The van der Waals surface area contributed by atoms with Gasteiger partial charge in [0.1, 0.15) is 0 Å². The fourth-order valence-corrected chi connectivity index (χ4v) is 1.67. The number of carbonyl (C=O) groups is 1. The number of amides is 1. The first-order chi connectivity index (χ1) is 8.93. The Morgan fingerprint density at radius 2 is 2.16 bits per heavy atom. The number of nitriles is 1. The molecule has 4 nitrogen and oxygen atoms in total. The highest BCUT2D eigenvalue weighted by atomic mass is 16.3. The van der Waals surface area contributed by atoms with Crippen molar-refractivity contribution < 1.29 is 9.90 Å². The van der Waals surface area contributed by atoms with Crippen molar-refractivity contribution in [1.82, 2.24) is 4.90 Å². The second-order valence-corrected chi connectivity index (χ2v) is 5.08. The SMILES string of the molecule is CC(C)C(O)CC(=O)N(C)Cc1cccc(C#N)c1. The Kier molecular flexibility index (Phi) is 5.53. The predicted octanol–water partition coefficient (Wildman–Crippen LogP) is 1.92. The van der Waals surface area contributed by atoms with Crippen LogP contribution in [0.1, 0.15) is 31.4 Å². The first-order valence-corrected chi connectivity index (χ1v) is 6.35. The molecule has 0 radical (unpaired) electrons. The van der Waals surface area contributed by atoms with Gasteiger partial charge in [-0.2, -0.15) is 5.26 Å². The normalized spacial score (nSPS) is 12.0. The van der Waals surface area contributed by atoms with Gasteiger partial charge in [0.15, 0.2) is 0 Å². The van der Waals surface area contributed by atoms with E-state index >= 15 is 0 Å². The van der Waals surface area contributed by atoms with Crippen molar-refractivity contribution >= 4 is 5.91 Å². The van der Waals surface area contributed by atoms with E-state index in [1.54, 1.807) is 30.1 Å². The highest BCUT2D eigenvalue weighted by molar-refractivity contribution is 5.76. The topological polar surface area (TPSA) is 64.3 Å². The van der Waals surface area contributed by atoms with Crippen LogP contribution in [-0.4, -0.2) is 29.1 Å². The summed E-state index contributed by atoms with van der Waals surface area (Å²) in [6, 6.07) is 9.25. The van der Waals surface area contributed by atoms with Gasteiger partial charge >= 0.3 is 0 Å². The Balaban J connectivity index is 2.61. The summed E-state index contributed by atoms with van der Waals surface area (Å²) >= 11 is 0. The Morgan fingerprint density at radius 3 is 2.74 bits per heavy atom. The van der Waals surface area contributed by atoms with Crippen molar-refractivity contribution in [3.8, 4) is 6.07 Å². The van der Waals surface area contributed by atoms with Gasteiger partial charge in [0.2, 0.25) is 5.91 Å². The number of hydrogen-bond acceptors (Lipinski definition) is 3. The molecule has 0 fully saturated rings. The standard InChI is InChI=1S/C15H20N2O2/c1-11(2)14(18)8-15(19)17(3)10-13-6-4-5-12(7-13)9-16/h4-7,11,14,18H,8,10H2,1-3H3. The molecule has 1 amide bonds. The molecule has 1 unspecified atom stereocenters. The van der Waals surface area contributed by atoms with Crippen LogP contribution < -0.4 is 0 Å². The molecule has 102 valence electrons. The first kappa shape index (κ1) is 15.2. The number of aliphatic hydroxyl groups excluding tert-OH is 1. The quantitative estimate of drug-likeness (QED) is 0.879. The van der Waals surface area contributed by atoms with Gasteiger partial charge < -0.3 is 10.0 Å². The highest BCUT2D eigenvalue weighted by Crippen LogP contribution is 2.11. The van der Waals surface area contributed by atoms with Crippen LogP contribution in [0.2, 0.25) is 0 Å². The smallest absolute Gasteiger partial charge is 0.225 e. The molecule has 1 atom stereocenters. The van der Waals surface area contributed by atoms with Crippen molar-refractivity contribution in [3.63, 3.8) is 0 Å². The summed E-state index contributed by atoms with van der Waals surface area (Å²) in [5.74, 6) is -0.0252. The number of carbonyl (C=O) groups excluding carboxylic acids is 1. The third-order valence-electron chi connectivity index (χ3n) is 3.05. The van der Waals surface area contributed by atoms with Crippen LogP contribution >= 0.6 is 0 Å². The van der Waals surface area contributed by atoms with Crippen LogP contribution in [0.4, 0.5) is 0 Å². The lowest BCUT2D eigenvalue weighted by Crippen LogP contribution is -2.31. The van der Waals surface area contributed by atoms with Gasteiger partial charge in [0.25, 0.3) is 0 Å². The maximum absolute atomic E-state index is 11.9. The van der Waals surface area contributed by atoms with Gasteiger partial charge in [-0.25, -0.2) is 0 Å². The van der Waals surface area contributed by atoms with Gasteiger partial charge in [-0.3, -0.25) is 4.79 Å². The zero-order valence-electron chi connectivity index (χ0n) is 11.6. The van der Waals surface area contributed by atoms with E-state index in [-0.39, 0.29) is 18.2 Å². The van der Waals surface area contributed by atoms with E-state index in [2.05, 4.69) is 6.07 Å². The maximum Gasteiger partial charge on any atom is 0.225 e. The molecule has 0 aliphatic heterocycles. The molecule has 0 spiro atoms. The van der Waals surface area contributed by atoms with Crippen molar-refractivity contribution in [3.05, 3.63) is 35.4 Å². The number of nitrogens with zero attached hydrogens (tertiary/aromatic N) is 2. The van der Waals surface area contributed by atoms with Crippen molar-refractivity contribution in [2.75, 3.05) is 7.05 Å². The highest BCUT2D eigenvalue weighted by Gasteiger charge is 2.17. The van der Waals surface area contributed by atoms with E-state index in [4.69, 9.17) is 5.26 Å². The Bertz CT molecular complexity index is 477. The second-order valence-electron chi connectivity index (χ2n) is 5.08.